The lowest BCUT2D eigenvalue weighted by atomic mass is 10.2. The largest absolute Gasteiger partial charge is 0.416 e. The molecule has 0 aliphatic heterocycles. The summed E-state index contributed by atoms with van der Waals surface area (Å²) in [5.74, 6) is 0. The molecule has 0 atom stereocenters. The molecule has 0 aliphatic rings. The van der Waals surface area contributed by atoms with Gasteiger partial charge in [0.05, 0.1) is 5.56 Å². The summed E-state index contributed by atoms with van der Waals surface area (Å²) in [6.45, 7) is 0. The van der Waals surface area contributed by atoms with Gasteiger partial charge in [-0.1, -0.05) is 24.3 Å². The maximum absolute atomic E-state index is 12.5. The third kappa shape index (κ3) is 3.00. The zero-order chi connectivity index (χ0) is 12.3. The lowest BCUT2D eigenvalue weighted by Gasteiger charge is -2.10. The Balaban J connectivity index is 2.23. The zero-order valence-electron chi connectivity index (χ0n) is 8.83. The molecule has 0 saturated carbocycles. The van der Waals surface area contributed by atoms with E-state index in [1.54, 1.807) is 18.2 Å². The van der Waals surface area contributed by atoms with Gasteiger partial charge in [-0.25, -0.2) is 0 Å². The number of nitrogens with one attached hydrogen (secondary N) is 1. The van der Waals surface area contributed by atoms with Crippen molar-refractivity contribution in [1.29, 1.82) is 0 Å². The molecule has 1 nitrogen and oxygen atoms in total. The van der Waals surface area contributed by atoms with Gasteiger partial charge in [-0.2, -0.15) is 13.2 Å². The molecule has 2 aromatic carbocycles. The highest BCUT2D eigenvalue weighted by Crippen LogP contribution is 2.31. The lowest BCUT2D eigenvalue weighted by molar-refractivity contribution is -0.137. The van der Waals surface area contributed by atoms with Gasteiger partial charge in [-0.3, -0.25) is 0 Å². The Morgan fingerprint density at radius 2 is 1.41 bits per heavy atom. The highest BCUT2D eigenvalue weighted by molar-refractivity contribution is 5.60. The first kappa shape index (κ1) is 11.5. The molecule has 4 heteroatoms. The first-order chi connectivity index (χ1) is 8.05. The molecule has 0 radical (unpaired) electrons. The molecule has 17 heavy (non-hydrogen) atoms. The van der Waals surface area contributed by atoms with E-state index in [1.165, 1.54) is 6.07 Å². The Hall–Kier alpha value is -1.97. The quantitative estimate of drug-likeness (QED) is 0.813. The van der Waals surface area contributed by atoms with Crippen molar-refractivity contribution < 1.29 is 13.2 Å². The van der Waals surface area contributed by atoms with Gasteiger partial charge in [0.1, 0.15) is 0 Å². The summed E-state index contributed by atoms with van der Waals surface area (Å²) in [5, 5.41) is 2.92. The third-order valence-electron chi connectivity index (χ3n) is 2.25. The normalized spacial score (nSPS) is 11.2. The monoisotopic (exact) mass is 237 g/mol. The predicted molar refractivity (Wildman–Crippen MR) is 61.2 cm³/mol. The first-order valence-corrected chi connectivity index (χ1v) is 5.05. The summed E-state index contributed by atoms with van der Waals surface area (Å²) in [5.41, 5.74) is 0.524. The van der Waals surface area contributed by atoms with Crippen LogP contribution >= 0.6 is 0 Å². The minimum atomic E-state index is -4.31. The number of rotatable bonds is 2. The number of para-hydroxylation sites is 1. The van der Waals surface area contributed by atoms with Crippen molar-refractivity contribution in [3.63, 3.8) is 0 Å². The zero-order valence-corrected chi connectivity index (χ0v) is 8.83. The Kier molecular flexibility index (Phi) is 3.04. The summed E-state index contributed by atoms with van der Waals surface area (Å²) in [6, 6.07) is 14.2. The highest BCUT2D eigenvalue weighted by atomic mass is 19.4. The van der Waals surface area contributed by atoms with Gasteiger partial charge < -0.3 is 5.32 Å². The van der Waals surface area contributed by atoms with Crippen molar-refractivity contribution in [2.45, 2.75) is 6.18 Å². The van der Waals surface area contributed by atoms with Crippen LogP contribution in [0, 0.1) is 0 Å². The van der Waals surface area contributed by atoms with Crippen molar-refractivity contribution in [2.24, 2.45) is 0 Å². The fourth-order valence-corrected chi connectivity index (χ4v) is 1.46. The fraction of sp³-hybridized carbons (Fsp3) is 0.0769. The van der Waals surface area contributed by atoms with Crippen molar-refractivity contribution in [3.8, 4) is 0 Å². The lowest BCUT2D eigenvalue weighted by Crippen LogP contribution is -2.05. The topological polar surface area (TPSA) is 12.0 Å². The van der Waals surface area contributed by atoms with Crippen LogP contribution in [-0.4, -0.2) is 0 Å². The minimum absolute atomic E-state index is 0.422. The second-order valence-corrected chi connectivity index (χ2v) is 3.57. The van der Waals surface area contributed by atoms with Crippen molar-refractivity contribution in [2.75, 3.05) is 5.32 Å². The standard InChI is InChI=1S/C13H10F3N/c14-13(15,16)10-5-4-8-12(9-10)17-11-6-2-1-3-7-11/h1-9,17H. The molecule has 1 N–H and O–H groups in total. The summed E-state index contributed by atoms with van der Waals surface area (Å²) in [4.78, 5) is 0. The van der Waals surface area contributed by atoms with Gasteiger partial charge in [0, 0.05) is 11.4 Å². The van der Waals surface area contributed by atoms with E-state index in [1.807, 2.05) is 18.2 Å². The van der Waals surface area contributed by atoms with E-state index in [9.17, 15) is 13.2 Å². The molecule has 0 saturated heterocycles. The molecule has 0 aromatic heterocycles. The van der Waals surface area contributed by atoms with Crippen LogP contribution in [0.2, 0.25) is 0 Å². The molecule has 2 rings (SSSR count). The number of halogens is 3. The fourth-order valence-electron chi connectivity index (χ4n) is 1.46. The summed E-state index contributed by atoms with van der Waals surface area (Å²) < 4.78 is 37.4. The van der Waals surface area contributed by atoms with Crippen LogP contribution < -0.4 is 5.32 Å². The number of alkyl halides is 3. The van der Waals surface area contributed by atoms with Gasteiger partial charge in [-0.15, -0.1) is 0 Å². The maximum atomic E-state index is 12.5. The summed E-state index contributed by atoms with van der Waals surface area (Å²) in [7, 11) is 0. The Morgan fingerprint density at radius 3 is 2.06 bits per heavy atom. The van der Waals surface area contributed by atoms with Crippen LogP contribution in [0.5, 0.6) is 0 Å². The smallest absolute Gasteiger partial charge is 0.356 e. The van der Waals surface area contributed by atoms with Gasteiger partial charge in [0.2, 0.25) is 0 Å². The summed E-state index contributed by atoms with van der Waals surface area (Å²) >= 11 is 0. The van der Waals surface area contributed by atoms with Crippen molar-refractivity contribution in [3.05, 3.63) is 60.2 Å². The molecule has 0 fully saturated rings. The summed E-state index contributed by atoms with van der Waals surface area (Å²) in [6.07, 6.45) is -4.31. The van der Waals surface area contributed by atoms with Crippen LogP contribution in [0.25, 0.3) is 0 Å². The first-order valence-electron chi connectivity index (χ1n) is 5.05. The second kappa shape index (κ2) is 4.49. The molecule has 0 bridgehead atoms. The molecule has 2 aromatic rings. The van der Waals surface area contributed by atoms with E-state index in [0.717, 1.165) is 17.8 Å². The van der Waals surface area contributed by atoms with Crippen molar-refractivity contribution in [1.82, 2.24) is 0 Å². The Bertz CT molecular complexity index is 492. The molecule has 0 spiro atoms. The minimum Gasteiger partial charge on any atom is -0.356 e. The average Bonchev–Trinajstić information content (AvgIpc) is 2.29. The van der Waals surface area contributed by atoms with Crippen LogP contribution in [0.1, 0.15) is 5.56 Å². The van der Waals surface area contributed by atoms with E-state index in [2.05, 4.69) is 5.32 Å². The Labute approximate surface area is 96.9 Å². The van der Waals surface area contributed by atoms with E-state index in [0.29, 0.717) is 5.69 Å². The van der Waals surface area contributed by atoms with Crippen molar-refractivity contribution >= 4 is 11.4 Å². The molecule has 0 unspecified atom stereocenters. The van der Waals surface area contributed by atoms with Gasteiger partial charge in [0.25, 0.3) is 0 Å². The molecule has 88 valence electrons. The van der Waals surface area contributed by atoms with E-state index in [4.69, 9.17) is 0 Å². The highest BCUT2D eigenvalue weighted by Gasteiger charge is 2.30. The van der Waals surface area contributed by atoms with Crippen LogP contribution in [0.15, 0.2) is 54.6 Å². The molecule has 0 aliphatic carbocycles. The molecular formula is C13H10F3N. The molecule has 0 amide bonds. The maximum Gasteiger partial charge on any atom is 0.416 e. The van der Waals surface area contributed by atoms with E-state index in [-0.39, 0.29) is 0 Å². The van der Waals surface area contributed by atoms with E-state index < -0.39 is 11.7 Å². The average molecular weight is 237 g/mol. The van der Waals surface area contributed by atoms with Crippen LogP contribution in [0.4, 0.5) is 24.5 Å². The van der Waals surface area contributed by atoms with Gasteiger partial charge in [-0.05, 0) is 30.3 Å². The molecule has 0 heterocycles. The SMILES string of the molecule is FC(F)(F)c1cccc(Nc2ccccc2)c1. The number of benzene rings is 2. The van der Waals surface area contributed by atoms with E-state index >= 15 is 0 Å². The van der Waals surface area contributed by atoms with Gasteiger partial charge >= 0.3 is 6.18 Å². The van der Waals surface area contributed by atoms with Gasteiger partial charge in [0.15, 0.2) is 0 Å². The number of anilines is 2. The predicted octanol–water partition coefficient (Wildman–Crippen LogP) is 4.45. The Morgan fingerprint density at radius 1 is 0.765 bits per heavy atom. The van der Waals surface area contributed by atoms with Crippen LogP contribution in [-0.2, 0) is 6.18 Å². The second-order valence-electron chi connectivity index (χ2n) is 3.57. The number of hydrogen-bond acceptors (Lipinski definition) is 1. The van der Waals surface area contributed by atoms with Crippen LogP contribution in [0.3, 0.4) is 0 Å². The number of hydrogen-bond donors (Lipinski definition) is 1. The third-order valence-corrected chi connectivity index (χ3v) is 2.25. The molecular weight excluding hydrogens is 227 g/mol.